The lowest BCUT2D eigenvalue weighted by molar-refractivity contribution is 0.550. The van der Waals surface area contributed by atoms with Gasteiger partial charge in [-0.05, 0) is 31.0 Å². The molecule has 1 aliphatic rings. The molecule has 1 aromatic carbocycles. The van der Waals surface area contributed by atoms with E-state index >= 15 is 0 Å². The van der Waals surface area contributed by atoms with Gasteiger partial charge < -0.3 is 9.32 Å². The topological polar surface area (TPSA) is 53.1 Å². The Morgan fingerprint density at radius 2 is 1.95 bits per heavy atom. The molecule has 5 heteroatoms. The minimum Gasteiger partial charge on any atom is -0.419 e. The van der Waals surface area contributed by atoms with E-state index in [0.29, 0.717) is 22.5 Å². The maximum Gasteiger partial charge on any atom is 0.235 e. The molecule has 2 heterocycles. The maximum atomic E-state index is 9.31. The summed E-state index contributed by atoms with van der Waals surface area (Å²) in [4.78, 5) is 6.45. The summed E-state index contributed by atoms with van der Waals surface area (Å²) in [5, 5.41) is 9.93. The molecule has 0 bridgehead atoms. The molecule has 1 saturated heterocycles. The Balaban J connectivity index is 1.96. The van der Waals surface area contributed by atoms with Crippen LogP contribution in [0.3, 0.4) is 0 Å². The van der Waals surface area contributed by atoms with Gasteiger partial charge in [-0.25, -0.2) is 0 Å². The second kappa shape index (κ2) is 6.19. The van der Waals surface area contributed by atoms with Gasteiger partial charge in [0.05, 0.1) is 0 Å². The Morgan fingerprint density at radius 3 is 2.62 bits per heavy atom. The first-order valence-corrected chi connectivity index (χ1v) is 7.57. The van der Waals surface area contributed by atoms with Crippen molar-refractivity contribution < 1.29 is 4.42 Å². The van der Waals surface area contributed by atoms with Crippen LogP contribution in [0.4, 0.5) is 5.88 Å². The van der Waals surface area contributed by atoms with Crippen molar-refractivity contribution in [2.75, 3.05) is 18.0 Å². The Bertz CT molecular complexity index is 666. The molecule has 0 atom stereocenters. The molecule has 4 nitrogen and oxygen atoms in total. The summed E-state index contributed by atoms with van der Waals surface area (Å²) in [7, 11) is 0. The third-order valence-corrected chi connectivity index (χ3v) is 3.92. The van der Waals surface area contributed by atoms with Crippen LogP contribution in [0.25, 0.3) is 11.5 Å². The fourth-order valence-corrected chi connectivity index (χ4v) is 2.81. The van der Waals surface area contributed by atoms with Crippen LogP contribution in [-0.2, 0) is 0 Å². The molecule has 0 spiro atoms. The second-order valence-corrected chi connectivity index (χ2v) is 5.63. The Morgan fingerprint density at radius 1 is 1.19 bits per heavy atom. The summed E-state index contributed by atoms with van der Waals surface area (Å²) in [6, 6.07) is 9.46. The number of oxazole rings is 1. The Hall–Kier alpha value is -1.99. The third kappa shape index (κ3) is 3.03. The molecule has 2 aromatic rings. The van der Waals surface area contributed by atoms with Gasteiger partial charge in [0.1, 0.15) is 6.07 Å². The van der Waals surface area contributed by atoms with Gasteiger partial charge in [0.2, 0.25) is 17.5 Å². The van der Waals surface area contributed by atoms with Crippen molar-refractivity contribution in [3.63, 3.8) is 0 Å². The molecule has 0 unspecified atom stereocenters. The van der Waals surface area contributed by atoms with Gasteiger partial charge in [-0.3, -0.25) is 0 Å². The predicted molar refractivity (Wildman–Crippen MR) is 82.3 cm³/mol. The van der Waals surface area contributed by atoms with E-state index in [4.69, 9.17) is 16.0 Å². The van der Waals surface area contributed by atoms with Crippen LogP contribution in [-0.4, -0.2) is 18.1 Å². The van der Waals surface area contributed by atoms with E-state index in [0.717, 1.165) is 31.5 Å². The molecule has 0 amide bonds. The molecule has 1 aliphatic heterocycles. The minimum absolute atomic E-state index is 0.354. The Kier molecular flexibility index (Phi) is 4.12. The lowest BCUT2D eigenvalue weighted by atomic mass is 10.2. The number of hydrogen-bond acceptors (Lipinski definition) is 4. The van der Waals surface area contributed by atoms with E-state index < -0.39 is 0 Å². The number of nitrogens with zero attached hydrogens (tertiary/aromatic N) is 3. The summed E-state index contributed by atoms with van der Waals surface area (Å²) in [5.74, 6) is 1.04. The lowest BCUT2D eigenvalue weighted by Gasteiger charge is -2.18. The SMILES string of the molecule is N#Cc1nc(-c2cccc(Cl)c2)oc1N1CCCCCC1. The maximum absolute atomic E-state index is 9.31. The van der Waals surface area contributed by atoms with Gasteiger partial charge in [0, 0.05) is 23.7 Å². The van der Waals surface area contributed by atoms with Crippen LogP contribution in [0.5, 0.6) is 0 Å². The molecule has 1 fully saturated rings. The van der Waals surface area contributed by atoms with Crippen molar-refractivity contribution in [2.45, 2.75) is 25.7 Å². The van der Waals surface area contributed by atoms with Crippen molar-refractivity contribution in [1.82, 2.24) is 4.98 Å². The fourth-order valence-electron chi connectivity index (χ4n) is 2.62. The molecule has 0 saturated carbocycles. The van der Waals surface area contributed by atoms with Crippen LogP contribution in [0, 0.1) is 11.3 Å². The van der Waals surface area contributed by atoms with Gasteiger partial charge in [0.25, 0.3) is 0 Å². The highest BCUT2D eigenvalue weighted by molar-refractivity contribution is 6.30. The number of benzene rings is 1. The van der Waals surface area contributed by atoms with Crippen molar-refractivity contribution in [3.05, 3.63) is 35.0 Å². The number of nitriles is 1. The molecule has 0 aliphatic carbocycles. The van der Waals surface area contributed by atoms with Gasteiger partial charge >= 0.3 is 0 Å². The first-order chi connectivity index (χ1) is 10.3. The Labute approximate surface area is 129 Å². The smallest absolute Gasteiger partial charge is 0.235 e. The molecular formula is C16H16ClN3O. The summed E-state index contributed by atoms with van der Waals surface area (Å²) in [6.45, 7) is 1.83. The molecular weight excluding hydrogens is 286 g/mol. The zero-order valence-corrected chi connectivity index (χ0v) is 12.4. The average Bonchev–Trinajstić information content (AvgIpc) is 2.74. The second-order valence-electron chi connectivity index (χ2n) is 5.20. The predicted octanol–water partition coefficient (Wildman–Crippen LogP) is 4.25. The van der Waals surface area contributed by atoms with Gasteiger partial charge in [-0.15, -0.1) is 0 Å². The normalized spacial score (nSPS) is 15.5. The van der Waals surface area contributed by atoms with E-state index in [1.54, 1.807) is 12.1 Å². The number of aromatic nitrogens is 1. The highest BCUT2D eigenvalue weighted by atomic mass is 35.5. The first kappa shape index (κ1) is 14.0. The van der Waals surface area contributed by atoms with Crippen molar-refractivity contribution in [3.8, 4) is 17.5 Å². The van der Waals surface area contributed by atoms with Crippen LogP contribution >= 0.6 is 11.6 Å². The highest BCUT2D eigenvalue weighted by Gasteiger charge is 2.21. The van der Waals surface area contributed by atoms with Crippen LogP contribution < -0.4 is 4.90 Å². The van der Waals surface area contributed by atoms with Crippen LogP contribution in [0.1, 0.15) is 31.4 Å². The van der Waals surface area contributed by atoms with Gasteiger partial charge in [-0.1, -0.05) is 30.5 Å². The molecule has 108 valence electrons. The fraction of sp³-hybridized carbons (Fsp3) is 0.375. The zero-order valence-electron chi connectivity index (χ0n) is 11.7. The van der Waals surface area contributed by atoms with Crippen LogP contribution in [0.15, 0.2) is 28.7 Å². The number of hydrogen-bond donors (Lipinski definition) is 0. The minimum atomic E-state index is 0.354. The summed E-state index contributed by atoms with van der Waals surface area (Å²) in [6.07, 6.45) is 4.71. The summed E-state index contributed by atoms with van der Waals surface area (Å²) >= 11 is 6.00. The van der Waals surface area contributed by atoms with Crippen molar-refractivity contribution in [2.24, 2.45) is 0 Å². The lowest BCUT2D eigenvalue weighted by Crippen LogP contribution is -2.24. The summed E-state index contributed by atoms with van der Waals surface area (Å²) in [5.41, 5.74) is 1.15. The molecule has 0 N–H and O–H groups in total. The van der Waals surface area contributed by atoms with E-state index in [1.165, 1.54) is 12.8 Å². The third-order valence-electron chi connectivity index (χ3n) is 3.68. The first-order valence-electron chi connectivity index (χ1n) is 7.20. The molecule has 21 heavy (non-hydrogen) atoms. The van der Waals surface area contributed by atoms with Gasteiger partial charge in [-0.2, -0.15) is 10.2 Å². The average molecular weight is 302 g/mol. The highest BCUT2D eigenvalue weighted by Crippen LogP contribution is 2.30. The van der Waals surface area contributed by atoms with Crippen molar-refractivity contribution >= 4 is 17.5 Å². The van der Waals surface area contributed by atoms with E-state index in [-0.39, 0.29) is 0 Å². The largest absolute Gasteiger partial charge is 0.419 e. The summed E-state index contributed by atoms with van der Waals surface area (Å²) < 4.78 is 5.88. The zero-order chi connectivity index (χ0) is 14.7. The van der Waals surface area contributed by atoms with E-state index in [2.05, 4.69) is 16.0 Å². The molecule has 1 aromatic heterocycles. The van der Waals surface area contributed by atoms with E-state index in [1.807, 2.05) is 12.1 Å². The standard InChI is InChI=1S/C16H16ClN3O/c17-13-7-5-6-12(10-13)15-19-14(11-18)16(21-15)20-8-3-1-2-4-9-20/h5-7,10H,1-4,8-9H2. The van der Waals surface area contributed by atoms with Gasteiger partial charge in [0.15, 0.2) is 0 Å². The van der Waals surface area contributed by atoms with Crippen molar-refractivity contribution in [1.29, 1.82) is 5.26 Å². The molecule has 3 rings (SSSR count). The number of anilines is 1. The number of rotatable bonds is 2. The molecule has 0 radical (unpaired) electrons. The number of halogens is 1. The van der Waals surface area contributed by atoms with Crippen LogP contribution in [0.2, 0.25) is 5.02 Å². The monoisotopic (exact) mass is 301 g/mol. The van der Waals surface area contributed by atoms with E-state index in [9.17, 15) is 5.26 Å². The quantitative estimate of drug-likeness (QED) is 0.832.